The fourth-order valence-electron chi connectivity index (χ4n) is 2.52. The third-order valence-corrected chi connectivity index (χ3v) is 4.33. The maximum atomic E-state index is 9.26. The Morgan fingerprint density at radius 3 is 2.07 bits per heavy atom. The summed E-state index contributed by atoms with van der Waals surface area (Å²) in [5.41, 5.74) is 6.58. The Morgan fingerprint density at radius 2 is 1.71 bits per heavy atom. The van der Waals surface area contributed by atoms with Crippen LogP contribution in [0.25, 0.3) is 0 Å². The SMILES string of the molecule is CC(CO)C1(CN)CCC(C)(C)CC1. The fraction of sp³-hybridized carbons (Fsp3) is 1.00. The summed E-state index contributed by atoms with van der Waals surface area (Å²) in [5.74, 6) is 0.351. The average Bonchev–Trinajstić information content (AvgIpc) is 2.18. The van der Waals surface area contributed by atoms with Crippen molar-refractivity contribution >= 4 is 0 Å². The van der Waals surface area contributed by atoms with Gasteiger partial charge in [-0.1, -0.05) is 20.8 Å². The van der Waals surface area contributed by atoms with Crippen molar-refractivity contribution in [3.63, 3.8) is 0 Å². The number of aliphatic hydroxyl groups excluding tert-OH is 1. The fourth-order valence-corrected chi connectivity index (χ4v) is 2.52. The van der Waals surface area contributed by atoms with Gasteiger partial charge in [-0.3, -0.25) is 0 Å². The summed E-state index contributed by atoms with van der Waals surface area (Å²) in [4.78, 5) is 0. The number of nitrogens with two attached hydrogens (primary N) is 1. The van der Waals surface area contributed by atoms with Gasteiger partial charge in [0.25, 0.3) is 0 Å². The Balaban J connectivity index is 2.66. The van der Waals surface area contributed by atoms with E-state index in [2.05, 4.69) is 20.8 Å². The van der Waals surface area contributed by atoms with Crippen molar-refractivity contribution in [1.29, 1.82) is 0 Å². The van der Waals surface area contributed by atoms with Crippen LogP contribution in [0.5, 0.6) is 0 Å². The van der Waals surface area contributed by atoms with Crippen LogP contribution in [0.2, 0.25) is 0 Å². The average molecular weight is 199 g/mol. The van der Waals surface area contributed by atoms with Gasteiger partial charge in [0, 0.05) is 6.61 Å². The van der Waals surface area contributed by atoms with Gasteiger partial charge in [-0.15, -0.1) is 0 Å². The molecule has 1 unspecified atom stereocenters. The minimum atomic E-state index is 0.213. The van der Waals surface area contributed by atoms with Crippen LogP contribution in [-0.4, -0.2) is 18.3 Å². The van der Waals surface area contributed by atoms with Gasteiger partial charge >= 0.3 is 0 Å². The quantitative estimate of drug-likeness (QED) is 0.731. The van der Waals surface area contributed by atoms with Crippen molar-refractivity contribution in [2.24, 2.45) is 22.5 Å². The molecule has 2 heteroatoms. The van der Waals surface area contributed by atoms with Crippen molar-refractivity contribution in [2.45, 2.75) is 46.5 Å². The number of aliphatic hydroxyl groups is 1. The number of hydrogen-bond acceptors (Lipinski definition) is 2. The second kappa shape index (κ2) is 4.19. The smallest absolute Gasteiger partial charge is 0.0462 e. The molecule has 1 saturated carbocycles. The lowest BCUT2D eigenvalue weighted by molar-refractivity contribution is 0.0296. The molecule has 0 spiro atoms. The highest BCUT2D eigenvalue weighted by Gasteiger charge is 2.40. The Bertz CT molecular complexity index is 179. The van der Waals surface area contributed by atoms with E-state index in [9.17, 15) is 5.11 Å². The molecule has 0 bridgehead atoms. The molecular formula is C12H25NO. The Hall–Kier alpha value is -0.0800. The summed E-state index contributed by atoms with van der Waals surface area (Å²) in [5, 5.41) is 9.26. The summed E-state index contributed by atoms with van der Waals surface area (Å²) in [6.45, 7) is 7.79. The predicted molar refractivity (Wildman–Crippen MR) is 60.0 cm³/mol. The zero-order valence-corrected chi connectivity index (χ0v) is 9.84. The first-order valence-corrected chi connectivity index (χ1v) is 5.77. The number of hydrogen-bond donors (Lipinski definition) is 2. The molecule has 3 N–H and O–H groups in total. The largest absolute Gasteiger partial charge is 0.396 e. The molecule has 1 rings (SSSR count). The summed E-state index contributed by atoms with van der Waals surface area (Å²) in [6.07, 6.45) is 4.85. The Morgan fingerprint density at radius 1 is 1.21 bits per heavy atom. The molecule has 0 saturated heterocycles. The van der Waals surface area contributed by atoms with E-state index in [1.54, 1.807) is 0 Å². The summed E-state index contributed by atoms with van der Waals surface area (Å²) in [7, 11) is 0. The standard InChI is InChI=1S/C12H25NO/c1-10(8-14)12(9-13)6-4-11(2,3)5-7-12/h10,14H,4-9,13H2,1-3H3. The van der Waals surface area contributed by atoms with E-state index in [4.69, 9.17) is 5.73 Å². The molecule has 1 aliphatic carbocycles. The minimum Gasteiger partial charge on any atom is -0.396 e. The highest BCUT2D eigenvalue weighted by molar-refractivity contribution is 4.92. The van der Waals surface area contributed by atoms with E-state index in [0.717, 1.165) is 6.54 Å². The first-order valence-electron chi connectivity index (χ1n) is 5.77. The van der Waals surface area contributed by atoms with Crippen LogP contribution in [-0.2, 0) is 0 Å². The van der Waals surface area contributed by atoms with E-state index in [-0.39, 0.29) is 12.0 Å². The monoisotopic (exact) mass is 199 g/mol. The second-order valence-electron chi connectivity index (χ2n) is 5.81. The summed E-state index contributed by atoms with van der Waals surface area (Å²) < 4.78 is 0. The van der Waals surface area contributed by atoms with Crippen molar-refractivity contribution in [1.82, 2.24) is 0 Å². The summed E-state index contributed by atoms with van der Waals surface area (Å²) >= 11 is 0. The van der Waals surface area contributed by atoms with Crippen LogP contribution >= 0.6 is 0 Å². The maximum absolute atomic E-state index is 9.26. The van der Waals surface area contributed by atoms with Gasteiger partial charge in [0.2, 0.25) is 0 Å². The predicted octanol–water partition coefficient (Wildman–Crippen LogP) is 2.16. The molecule has 0 aromatic heterocycles. The van der Waals surface area contributed by atoms with E-state index in [1.165, 1.54) is 25.7 Å². The molecule has 2 nitrogen and oxygen atoms in total. The zero-order chi connectivity index (χ0) is 10.8. The van der Waals surface area contributed by atoms with E-state index >= 15 is 0 Å². The van der Waals surface area contributed by atoms with E-state index in [1.807, 2.05) is 0 Å². The maximum Gasteiger partial charge on any atom is 0.0462 e. The first kappa shape index (κ1) is 12.0. The highest BCUT2D eigenvalue weighted by Crippen LogP contribution is 2.48. The molecule has 14 heavy (non-hydrogen) atoms. The molecule has 0 amide bonds. The van der Waals surface area contributed by atoms with Crippen molar-refractivity contribution < 1.29 is 5.11 Å². The molecule has 0 heterocycles. The first-order chi connectivity index (χ1) is 6.46. The number of rotatable bonds is 3. The highest BCUT2D eigenvalue weighted by atomic mass is 16.3. The molecule has 84 valence electrons. The molecule has 1 aliphatic rings. The van der Waals surface area contributed by atoms with Gasteiger partial charge in [0.1, 0.15) is 0 Å². The second-order valence-corrected chi connectivity index (χ2v) is 5.81. The van der Waals surface area contributed by atoms with Gasteiger partial charge < -0.3 is 10.8 Å². The third-order valence-electron chi connectivity index (χ3n) is 4.33. The Kier molecular flexibility index (Phi) is 3.59. The van der Waals surface area contributed by atoms with Crippen LogP contribution < -0.4 is 5.73 Å². The summed E-state index contributed by atoms with van der Waals surface area (Å²) in [6, 6.07) is 0. The molecule has 0 aromatic carbocycles. The Labute approximate surface area is 87.9 Å². The van der Waals surface area contributed by atoms with Crippen LogP contribution in [0.1, 0.15) is 46.5 Å². The van der Waals surface area contributed by atoms with Gasteiger partial charge in [0.15, 0.2) is 0 Å². The van der Waals surface area contributed by atoms with E-state index < -0.39 is 0 Å². The van der Waals surface area contributed by atoms with E-state index in [0.29, 0.717) is 11.3 Å². The van der Waals surface area contributed by atoms with Crippen LogP contribution in [0.3, 0.4) is 0 Å². The van der Waals surface area contributed by atoms with Gasteiger partial charge in [-0.05, 0) is 49.0 Å². The molecule has 1 fully saturated rings. The topological polar surface area (TPSA) is 46.2 Å². The lowest BCUT2D eigenvalue weighted by Gasteiger charge is -2.46. The third kappa shape index (κ3) is 2.29. The van der Waals surface area contributed by atoms with Crippen LogP contribution in [0, 0.1) is 16.7 Å². The van der Waals surface area contributed by atoms with Crippen molar-refractivity contribution in [3.8, 4) is 0 Å². The van der Waals surface area contributed by atoms with Crippen LogP contribution in [0.15, 0.2) is 0 Å². The zero-order valence-electron chi connectivity index (χ0n) is 9.84. The van der Waals surface area contributed by atoms with Gasteiger partial charge in [-0.2, -0.15) is 0 Å². The molecule has 0 aromatic rings. The molecule has 0 radical (unpaired) electrons. The van der Waals surface area contributed by atoms with Gasteiger partial charge in [-0.25, -0.2) is 0 Å². The minimum absolute atomic E-state index is 0.213. The molecular weight excluding hydrogens is 174 g/mol. The van der Waals surface area contributed by atoms with Crippen molar-refractivity contribution in [2.75, 3.05) is 13.2 Å². The lowest BCUT2D eigenvalue weighted by atomic mass is 9.60. The molecule has 1 atom stereocenters. The van der Waals surface area contributed by atoms with Crippen LogP contribution in [0.4, 0.5) is 0 Å². The van der Waals surface area contributed by atoms with Crippen molar-refractivity contribution in [3.05, 3.63) is 0 Å². The lowest BCUT2D eigenvalue weighted by Crippen LogP contribution is -2.43. The van der Waals surface area contributed by atoms with Gasteiger partial charge in [0.05, 0.1) is 0 Å². The normalized spacial score (nSPS) is 27.2. The molecule has 0 aliphatic heterocycles.